The molecule has 0 bridgehead atoms. The van der Waals surface area contributed by atoms with E-state index in [1.165, 1.54) is 58.8 Å². The van der Waals surface area contributed by atoms with Gasteiger partial charge in [0.2, 0.25) is 0 Å². The Kier molecular flexibility index (Phi) is 17.4. The lowest BCUT2D eigenvalue weighted by molar-refractivity contribution is -0.136. The van der Waals surface area contributed by atoms with E-state index in [9.17, 15) is 23.5 Å². The van der Waals surface area contributed by atoms with Gasteiger partial charge in [0.15, 0.2) is 5.78 Å². The molecule has 9 heteroatoms. The van der Waals surface area contributed by atoms with E-state index in [0.717, 1.165) is 52.3 Å². The van der Waals surface area contributed by atoms with Gasteiger partial charge in [-0.2, -0.15) is 0 Å². The standard InChI is InChI=1S/C18H22O3.C10H6F2O2S.C7H12.CH5N/c1-6-8-15(11-13(3)18(19)21-5)16-9-10-17(20-4)14(7-2)12-16;1-4(13)9-8(14)7-5(11)2-3-6(12)10(7)15-9;1-7-5-3-2-4-6-7;1-2/h6,8-12H,1,7H2,2-5H3;2-3,14H,1H3;1-6H2;2H2,1H3/b13-11+,15-8+;;;. The molecule has 1 heterocycles. The van der Waals surface area contributed by atoms with Crippen LogP contribution in [-0.4, -0.2) is 38.1 Å². The highest BCUT2D eigenvalue weighted by Gasteiger charge is 2.20. The van der Waals surface area contributed by atoms with E-state index in [0.29, 0.717) is 5.57 Å². The van der Waals surface area contributed by atoms with Crippen molar-refractivity contribution in [3.05, 3.63) is 101 Å². The average molecular weight is 642 g/mol. The molecule has 6 nitrogen and oxygen atoms in total. The van der Waals surface area contributed by atoms with Crippen molar-refractivity contribution in [2.45, 2.75) is 59.3 Å². The molecule has 0 radical (unpaired) electrons. The summed E-state index contributed by atoms with van der Waals surface area (Å²) in [4.78, 5) is 22.6. The molecule has 0 unspecified atom stereocenters. The van der Waals surface area contributed by atoms with Gasteiger partial charge in [-0.15, -0.1) is 11.3 Å². The van der Waals surface area contributed by atoms with Crippen molar-refractivity contribution in [3.8, 4) is 11.5 Å². The summed E-state index contributed by atoms with van der Waals surface area (Å²) < 4.78 is 36.6. The Bertz CT molecular complexity index is 1530. The number of halogens is 2. The Morgan fingerprint density at radius 1 is 1.04 bits per heavy atom. The third-order valence-corrected chi connectivity index (χ3v) is 8.05. The first-order valence-electron chi connectivity index (χ1n) is 14.6. The van der Waals surface area contributed by atoms with Gasteiger partial charge in [0.25, 0.3) is 0 Å². The number of hydrogen-bond donors (Lipinski definition) is 2. The van der Waals surface area contributed by atoms with Crippen LogP contribution in [0.4, 0.5) is 8.78 Å². The number of methoxy groups -OCH3 is 2. The van der Waals surface area contributed by atoms with Crippen molar-refractivity contribution in [3.63, 3.8) is 0 Å². The highest BCUT2D eigenvalue weighted by atomic mass is 32.1. The van der Waals surface area contributed by atoms with E-state index in [1.807, 2.05) is 18.2 Å². The second-order valence-corrected chi connectivity index (χ2v) is 11.0. The molecule has 1 saturated carbocycles. The number of rotatable bonds is 7. The fourth-order valence-corrected chi connectivity index (χ4v) is 5.46. The van der Waals surface area contributed by atoms with Crippen LogP contribution in [-0.2, 0) is 16.0 Å². The van der Waals surface area contributed by atoms with E-state index in [1.54, 1.807) is 26.2 Å². The lowest BCUT2D eigenvalue weighted by atomic mass is 9.97. The molecule has 3 N–H and O–H groups in total. The summed E-state index contributed by atoms with van der Waals surface area (Å²) in [7, 11) is 4.54. The van der Waals surface area contributed by atoms with E-state index >= 15 is 0 Å². The zero-order valence-electron chi connectivity index (χ0n) is 27.1. The number of ether oxygens (including phenoxy) is 2. The quantitative estimate of drug-likeness (QED) is 0.0878. The first kappa shape index (κ1) is 38.9. The maximum atomic E-state index is 13.3. The van der Waals surface area contributed by atoms with Crippen LogP contribution in [0.1, 0.15) is 73.7 Å². The number of benzene rings is 2. The number of fused-ring (bicyclic) bond motifs is 1. The molecule has 4 rings (SSSR count). The fourth-order valence-electron chi connectivity index (χ4n) is 4.45. The second kappa shape index (κ2) is 20.0. The molecule has 2 aromatic carbocycles. The highest BCUT2D eigenvalue weighted by Crippen LogP contribution is 2.39. The van der Waals surface area contributed by atoms with E-state index < -0.39 is 23.2 Å². The molecule has 45 heavy (non-hydrogen) atoms. The molecule has 0 saturated heterocycles. The SMILES string of the molecule is C=C/C=C(\C=C(/C)C(=O)OC)c1ccc(OC)c(CC)c1.C=C1CCCCC1.CC(=O)c1sc2c(F)ccc(F)c2c1O.CN. The number of thiophene rings is 1. The number of aromatic hydroxyl groups is 1. The van der Waals surface area contributed by atoms with Crippen LogP contribution in [0, 0.1) is 11.6 Å². The summed E-state index contributed by atoms with van der Waals surface area (Å²) in [6.07, 6.45) is 13.0. The molecule has 0 spiro atoms. The largest absolute Gasteiger partial charge is 0.506 e. The number of hydrogen-bond acceptors (Lipinski definition) is 7. The van der Waals surface area contributed by atoms with Crippen LogP contribution in [0.25, 0.3) is 15.7 Å². The van der Waals surface area contributed by atoms with Crippen LogP contribution in [0.3, 0.4) is 0 Å². The van der Waals surface area contributed by atoms with Gasteiger partial charge < -0.3 is 20.3 Å². The molecule has 3 aromatic rings. The van der Waals surface area contributed by atoms with Crippen molar-refractivity contribution in [1.82, 2.24) is 0 Å². The van der Waals surface area contributed by atoms with Crippen molar-refractivity contribution in [2.24, 2.45) is 5.73 Å². The lowest BCUT2D eigenvalue weighted by Crippen LogP contribution is -2.01. The number of carbonyl (C=O) groups excluding carboxylic acids is 2. The minimum atomic E-state index is -0.729. The van der Waals surface area contributed by atoms with Gasteiger partial charge in [-0.3, -0.25) is 4.79 Å². The Balaban J connectivity index is 0.000000364. The van der Waals surface area contributed by atoms with Gasteiger partial charge in [0, 0.05) is 12.5 Å². The smallest absolute Gasteiger partial charge is 0.333 e. The number of aryl methyl sites for hydroxylation is 1. The van der Waals surface area contributed by atoms with Gasteiger partial charge >= 0.3 is 5.97 Å². The van der Waals surface area contributed by atoms with Crippen LogP contribution < -0.4 is 10.5 Å². The topological polar surface area (TPSA) is 98.8 Å². The normalized spacial score (nSPS) is 12.9. The zero-order chi connectivity index (χ0) is 34.1. The number of nitrogens with two attached hydrogens (primary N) is 1. The highest BCUT2D eigenvalue weighted by molar-refractivity contribution is 7.21. The molecule has 0 aliphatic heterocycles. The zero-order valence-corrected chi connectivity index (χ0v) is 27.9. The van der Waals surface area contributed by atoms with Gasteiger partial charge in [-0.05, 0) is 93.1 Å². The fraction of sp³-hybridized carbons (Fsp3) is 0.333. The Labute approximate surface area is 269 Å². The number of allylic oxidation sites excluding steroid dienone is 5. The molecular formula is C36H45F2NO5S. The van der Waals surface area contributed by atoms with Crippen molar-refractivity contribution >= 4 is 38.7 Å². The Hall–Kier alpha value is -4.08. The van der Waals surface area contributed by atoms with Gasteiger partial charge in [-0.1, -0.05) is 50.3 Å². The number of carbonyl (C=O) groups is 2. The molecule has 0 atom stereocenters. The van der Waals surface area contributed by atoms with Crippen molar-refractivity contribution in [2.75, 3.05) is 21.3 Å². The van der Waals surface area contributed by atoms with E-state index in [2.05, 4.69) is 31.9 Å². The third kappa shape index (κ3) is 11.4. The predicted molar refractivity (Wildman–Crippen MR) is 182 cm³/mol. The molecule has 244 valence electrons. The summed E-state index contributed by atoms with van der Waals surface area (Å²) in [5, 5.41) is 9.33. The maximum absolute atomic E-state index is 13.3. The van der Waals surface area contributed by atoms with Gasteiger partial charge in [-0.25, -0.2) is 13.6 Å². The minimum Gasteiger partial charge on any atom is -0.506 e. The van der Waals surface area contributed by atoms with Crippen LogP contribution in [0.2, 0.25) is 0 Å². The lowest BCUT2D eigenvalue weighted by Gasteiger charge is -2.10. The molecule has 1 fully saturated rings. The number of Topliss-reactive ketones (excluding diaryl/α,β-unsaturated/α-hetero) is 1. The third-order valence-electron chi connectivity index (χ3n) is 6.77. The second-order valence-electron chi connectivity index (χ2n) is 9.94. The van der Waals surface area contributed by atoms with E-state index in [4.69, 9.17) is 9.47 Å². The monoisotopic (exact) mass is 641 g/mol. The molecule has 0 amide bonds. The van der Waals surface area contributed by atoms with Gasteiger partial charge in [0.05, 0.1) is 24.3 Å². The number of esters is 1. The first-order valence-corrected chi connectivity index (χ1v) is 15.4. The van der Waals surface area contributed by atoms with Crippen LogP contribution >= 0.6 is 11.3 Å². The van der Waals surface area contributed by atoms with Gasteiger partial charge in [0.1, 0.15) is 28.0 Å². The van der Waals surface area contributed by atoms with Crippen molar-refractivity contribution < 1.29 is 33.0 Å². The Morgan fingerprint density at radius 2 is 1.67 bits per heavy atom. The average Bonchev–Trinajstić information content (AvgIpc) is 3.42. The van der Waals surface area contributed by atoms with Crippen LogP contribution in [0.15, 0.2) is 72.9 Å². The summed E-state index contributed by atoms with van der Waals surface area (Å²) >= 11 is 0.758. The number of ketones is 1. The summed E-state index contributed by atoms with van der Waals surface area (Å²) in [5.41, 5.74) is 9.54. The molecule has 1 aliphatic rings. The Morgan fingerprint density at radius 3 is 2.13 bits per heavy atom. The van der Waals surface area contributed by atoms with E-state index in [-0.39, 0.29) is 20.9 Å². The molecule has 1 aliphatic carbocycles. The summed E-state index contributed by atoms with van der Waals surface area (Å²) in [6, 6.07) is 7.86. The minimum absolute atomic E-state index is 0.0194. The van der Waals surface area contributed by atoms with Crippen molar-refractivity contribution in [1.29, 1.82) is 0 Å². The summed E-state index contributed by atoms with van der Waals surface area (Å²) in [5.74, 6) is -1.72. The first-order chi connectivity index (χ1) is 21.5. The predicted octanol–water partition coefficient (Wildman–Crippen LogP) is 9.12. The molecular weight excluding hydrogens is 596 g/mol. The molecule has 1 aromatic heterocycles. The summed E-state index contributed by atoms with van der Waals surface area (Å²) in [6.45, 7) is 12.7. The maximum Gasteiger partial charge on any atom is 0.333 e. The van der Waals surface area contributed by atoms with Crippen LogP contribution in [0.5, 0.6) is 11.5 Å².